The van der Waals surface area contributed by atoms with Crippen LogP contribution in [-0.4, -0.2) is 37.6 Å². The molecular weight excluding hydrogens is 160 g/mol. The highest BCUT2D eigenvalue weighted by Crippen LogP contribution is 2.44. The van der Waals surface area contributed by atoms with Crippen LogP contribution in [0.3, 0.4) is 0 Å². The van der Waals surface area contributed by atoms with Crippen molar-refractivity contribution in [1.82, 2.24) is 10.2 Å². The molecule has 0 radical (unpaired) electrons. The first-order valence-electron chi connectivity index (χ1n) is 5.64. The average Bonchev–Trinajstić information content (AvgIpc) is 2.89. The number of hydrogen-bond donors (Lipinski definition) is 1. The highest BCUT2D eigenvalue weighted by molar-refractivity contribution is 5.06. The summed E-state index contributed by atoms with van der Waals surface area (Å²) in [4.78, 5) is 2.51. The molecule has 2 rings (SSSR count). The van der Waals surface area contributed by atoms with Crippen molar-refractivity contribution >= 4 is 0 Å². The summed E-state index contributed by atoms with van der Waals surface area (Å²) in [5.41, 5.74) is 0.540. The molecule has 1 unspecified atom stereocenters. The van der Waals surface area contributed by atoms with Gasteiger partial charge in [0.2, 0.25) is 0 Å². The van der Waals surface area contributed by atoms with Crippen LogP contribution in [0.1, 0.15) is 32.1 Å². The molecule has 13 heavy (non-hydrogen) atoms. The fourth-order valence-electron chi connectivity index (χ4n) is 2.78. The van der Waals surface area contributed by atoms with E-state index in [1.165, 1.54) is 45.2 Å². The van der Waals surface area contributed by atoms with Crippen LogP contribution in [0.15, 0.2) is 0 Å². The number of rotatable bonds is 2. The summed E-state index contributed by atoms with van der Waals surface area (Å²) < 4.78 is 0. The van der Waals surface area contributed by atoms with Crippen molar-refractivity contribution in [2.75, 3.05) is 27.2 Å². The molecule has 0 amide bonds. The minimum atomic E-state index is 0.540. The highest BCUT2D eigenvalue weighted by atomic mass is 15.1. The van der Waals surface area contributed by atoms with E-state index < -0.39 is 0 Å². The SMILES string of the molecule is CNC1(C2CCCCN(C)C2)CC1. The van der Waals surface area contributed by atoms with Crippen LogP contribution in [-0.2, 0) is 0 Å². The summed E-state index contributed by atoms with van der Waals surface area (Å²) in [5, 5.41) is 3.54. The zero-order valence-electron chi connectivity index (χ0n) is 8.97. The van der Waals surface area contributed by atoms with E-state index >= 15 is 0 Å². The van der Waals surface area contributed by atoms with Gasteiger partial charge in [-0.3, -0.25) is 0 Å². The molecule has 2 nitrogen and oxygen atoms in total. The molecule has 0 aromatic carbocycles. The molecule has 0 aromatic heterocycles. The third kappa shape index (κ3) is 1.89. The van der Waals surface area contributed by atoms with E-state index in [9.17, 15) is 0 Å². The Bertz CT molecular complexity index is 175. The van der Waals surface area contributed by atoms with Crippen molar-refractivity contribution in [1.29, 1.82) is 0 Å². The van der Waals surface area contributed by atoms with Gasteiger partial charge < -0.3 is 10.2 Å². The zero-order valence-corrected chi connectivity index (χ0v) is 8.97. The predicted octanol–water partition coefficient (Wildman–Crippen LogP) is 1.47. The molecule has 0 spiro atoms. The first-order chi connectivity index (χ1) is 6.27. The topological polar surface area (TPSA) is 15.3 Å². The molecule has 1 saturated carbocycles. The first kappa shape index (κ1) is 9.47. The number of hydrogen-bond acceptors (Lipinski definition) is 2. The van der Waals surface area contributed by atoms with Crippen molar-refractivity contribution in [3.63, 3.8) is 0 Å². The van der Waals surface area contributed by atoms with Crippen LogP contribution in [0.5, 0.6) is 0 Å². The van der Waals surface area contributed by atoms with Gasteiger partial charge in [-0.15, -0.1) is 0 Å². The third-order valence-electron chi connectivity index (χ3n) is 3.94. The zero-order chi connectivity index (χ0) is 9.31. The van der Waals surface area contributed by atoms with Crippen LogP contribution < -0.4 is 5.32 Å². The van der Waals surface area contributed by atoms with Crippen molar-refractivity contribution in [2.45, 2.75) is 37.6 Å². The minimum Gasteiger partial charge on any atom is -0.314 e. The lowest BCUT2D eigenvalue weighted by molar-refractivity contribution is 0.244. The van der Waals surface area contributed by atoms with E-state index in [0.29, 0.717) is 5.54 Å². The van der Waals surface area contributed by atoms with E-state index in [4.69, 9.17) is 0 Å². The van der Waals surface area contributed by atoms with E-state index in [0.717, 1.165) is 5.92 Å². The van der Waals surface area contributed by atoms with Crippen LogP contribution in [0.4, 0.5) is 0 Å². The quantitative estimate of drug-likeness (QED) is 0.695. The number of likely N-dealkylation sites (tertiary alicyclic amines) is 1. The maximum atomic E-state index is 3.54. The van der Waals surface area contributed by atoms with Gasteiger partial charge in [0.1, 0.15) is 0 Å². The van der Waals surface area contributed by atoms with Crippen molar-refractivity contribution < 1.29 is 0 Å². The van der Waals surface area contributed by atoms with E-state index in [1.54, 1.807) is 0 Å². The molecule has 2 aliphatic rings. The third-order valence-corrected chi connectivity index (χ3v) is 3.94. The fraction of sp³-hybridized carbons (Fsp3) is 1.00. The lowest BCUT2D eigenvalue weighted by atomic mass is 9.92. The fourth-order valence-corrected chi connectivity index (χ4v) is 2.78. The van der Waals surface area contributed by atoms with Crippen molar-refractivity contribution in [3.05, 3.63) is 0 Å². The van der Waals surface area contributed by atoms with Gasteiger partial charge in [-0.2, -0.15) is 0 Å². The van der Waals surface area contributed by atoms with Crippen LogP contribution in [0, 0.1) is 5.92 Å². The molecule has 1 N–H and O–H groups in total. The van der Waals surface area contributed by atoms with Crippen LogP contribution >= 0.6 is 0 Å². The second kappa shape index (κ2) is 3.58. The van der Waals surface area contributed by atoms with Gasteiger partial charge in [0.25, 0.3) is 0 Å². The van der Waals surface area contributed by atoms with Gasteiger partial charge >= 0.3 is 0 Å². The summed E-state index contributed by atoms with van der Waals surface area (Å²) >= 11 is 0. The Hall–Kier alpha value is -0.0800. The molecule has 2 fully saturated rings. The van der Waals surface area contributed by atoms with Crippen LogP contribution in [0.2, 0.25) is 0 Å². The smallest absolute Gasteiger partial charge is 0.0220 e. The molecule has 1 heterocycles. The van der Waals surface area contributed by atoms with E-state index in [2.05, 4.69) is 24.3 Å². The summed E-state index contributed by atoms with van der Waals surface area (Å²) in [5.74, 6) is 0.907. The molecule has 0 bridgehead atoms. The van der Waals surface area contributed by atoms with Gasteiger partial charge in [0, 0.05) is 12.1 Å². The average molecular weight is 182 g/mol. The van der Waals surface area contributed by atoms with Gasteiger partial charge in [-0.25, -0.2) is 0 Å². The van der Waals surface area contributed by atoms with E-state index in [-0.39, 0.29) is 0 Å². The first-order valence-corrected chi connectivity index (χ1v) is 5.64. The monoisotopic (exact) mass is 182 g/mol. The second-order valence-electron chi connectivity index (χ2n) is 4.86. The lowest BCUT2D eigenvalue weighted by Gasteiger charge is -2.28. The Labute approximate surface area is 81.7 Å². The molecule has 1 atom stereocenters. The second-order valence-corrected chi connectivity index (χ2v) is 4.86. The Kier molecular flexibility index (Phi) is 2.61. The number of nitrogens with one attached hydrogen (secondary N) is 1. The van der Waals surface area contributed by atoms with Crippen LogP contribution in [0.25, 0.3) is 0 Å². The largest absolute Gasteiger partial charge is 0.314 e. The summed E-state index contributed by atoms with van der Waals surface area (Å²) in [6.07, 6.45) is 7.07. The molecule has 1 saturated heterocycles. The van der Waals surface area contributed by atoms with Gasteiger partial charge in [0.15, 0.2) is 0 Å². The lowest BCUT2D eigenvalue weighted by Crippen LogP contribution is -2.41. The van der Waals surface area contributed by atoms with Gasteiger partial charge in [0.05, 0.1) is 0 Å². The summed E-state index contributed by atoms with van der Waals surface area (Å²) in [7, 11) is 4.40. The van der Waals surface area contributed by atoms with Gasteiger partial charge in [-0.05, 0) is 52.2 Å². The molecule has 0 aromatic rings. The maximum Gasteiger partial charge on any atom is 0.0220 e. The maximum absolute atomic E-state index is 3.54. The van der Waals surface area contributed by atoms with Gasteiger partial charge in [-0.1, -0.05) is 6.42 Å². The Morgan fingerprint density at radius 1 is 1.31 bits per heavy atom. The molecule has 1 aliphatic carbocycles. The predicted molar refractivity (Wildman–Crippen MR) is 55.9 cm³/mol. The normalized spacial score (nSPS) is 34.2. The molecular formula is C11H22N2. The van der Waals surface area contributed by atoms with Crippen molar-refractivity contribution in [2.24, 2.45) is 5.92 Å². The molecule has 2 heteroatoms. The van der Waals surface area contributed by atoms with Crippen molar-refractivity contribution in [3.8, 4) is 0 Å². The Balaban J connectivity index is 1.97. The molecule has 76 valence electrons. The Morgan fingerprint density at radius 3 is 2.69 bits per heavy atom. The summed E-state index contributed by atoms with van der Waals surface area (Å²) in [6.45, 7) is 2.61. The minimum absolute atomic E-state index is 0.540. The number of nitrogens with zero attached hydrogens (tertiary/aromatic N) is 1. The highest BCUT2D eigenvalue weighted by Gasteiger charge is 2.47. The van der Waals surface area contributed by atoms with E-state index in [1.807, 2.05) is 0 Å². The summed E-state index contributed by atoms with van der Waals surface area (Å²) in [6, 6.07) is 0. The Morgan fingerprint density at radius 2 is 2.08 bits per heavy atom. The standard InChI is InChI=1S/C11H22N2/c1-12-11(6-7-11)10-5-3-4-8-13(2)9-10/h10,12H,3-9H2,1-2H3. The molecule has 1 aliphatic heterocycles.